The van der Waals surface area contributed by atoms with Crippen molar-refractivity contribution >= 4 is 11.8 Å². The van der Waals surface area contributed by atoms with Crippen LogP contribution in [0, 0.1) is 6.92 Å². The summed E-state index contributed by atoms with van der Waals surface area (Å²) in [5.41, 5.74) is -1.07. The normalized spacial score (nSPS) is 19.6. The van der Waals surface area contributed by atoms with Crippen LogP contribution < -0.4 is 5.32 Å². The molecule has 0 spiro atoms. The van der Waals surface area contributed by atoms with Gasteiger partial charge < -0.3 is 9.64 Å². The predicted octanol–water partition coefficient (Wildman–Crippen LogP) is 2.78. The maximum Gasteiger partial charge on any atom is 0.421 e. The van der Waals surface area contributed by atoms with Crippen LogP contribution in [0.4, 0.5) is 23.8 Å². The molecule has 1 aliphatic heterocycles. The smallest absolute Gasteiger partial charge is 0.381 e. The second-order valence-electron chi connectivity index (χ2n) is 5.64. The zero-order valence-electron chi connectivity index (χ0n) is 13.4. The van der Waals surface area contributed by atoms with Crippen molar-refractivity contribution in [2.24, 2.45) is 7.05 Å². The van der Waals surface area contributed by atoms with Crippen molar-refractivity contribution < 1.29 is 22.7 Å². The van der Waals surface area contributed by atoms with Crippen molar-refractivity contribution in [1.29, 1.82) is 0 Å². The molecule has 1 fully saturated rings. The minimum absolute atomic E-state index is 0.0810. The second-order valence-corrected chi connectivity index (χ2v) is 5.64. The van der Waals surface area contributed by atoms with Gasteiger partial charge in [0.15, 0.2) is 0 Å². The zero-order chi connectivity index (χ0) is 17.2. The first-order valence-electron chi connectivity index (χ1n) is 7.43. The number of carbonyl (C=O) groups excluding carboxylic acids is 1. The number of likely N-dealkylation sites (tertiary alicyclic amines) is 1. The van der Waals surface area contributed by atoms with E-state index in [1.54, 1.807) is 7.11 Å². The largest absolute Gasteiger partial charge is 0.421 e. The van der Waals surface area contributed by atoms with E-state index in [2.05, 4.69) is 10.4 Å². The van der Waals surface area contributed by atoms with Crippen LogP contribution in [-0.4, -0.2) is 47.0 Å². The van der Waals surface area contributed by atoms with Gasteiger partial charge in [-0.25, -0.2) is 4.79 Å². The molecule has 130 valence electrons. The van der Waals surface area contributed by atoms with Crippen LogP contribution in [0.25, 0.3) is 0 Å². The number of aromatic nitrogens is 2. The number of amides is 2. The SMILES string of the molecule is COC1CCCN(C(=O)Nc2c(C(F)(F)F)c(C)nn2C)CC1. The summed E-state index contributed by atoms with van der Waals surface area (Å²) in [7, 11) is 3.00. The van der Waals surface area contributed by atoms with E-state index in [1.165, 1.54) is 18.9 Å². The molecule has 1 aromatic rings. The number of hydrogen-bond acceptors (Lipinski definition) is 3. The summed E-state index contributed by atoms with van der Waals surface area (Å²) in [6.07, 6.45) is -2.24. The molecular weight excluding hydrogens is 313 g/mol. The number of aryl methyl sites for hydroxylation is 2. The molecule has 9 heteroatoms. The summed E-state index contributed by atoms with van der Waals surface area (Å²) >= 11 is 0. The molecular formula is C14H21F3N4O2. The summed E-state index contributed by atoms with van der Waals surface area (Å²) in [5.74, 6) is -0.326. The van der Waals surface area contributed by atoms with E-state index >= 15 is 0 Å². The monoisotopic (exact) mass is 334 g/mol. The van der Waals surface area contributed by atoms with Gasteiger partial charge in [0.1, 0.15) is 11.4 Å². The first-order chi connectivity index (χ1) is 10.7. The van der Waals surface area contributed by atoms with Crippen LogP contribution in [0.3, 0.4) is 0 Å². The minimum atomic E-state index is -4.57. The Morgan fingerprint density at radius 3 is 2.65 bits per heavy atom. The number of rotatable bonds is 2. The van der Waals surface area contributed by atoms with E-state index in [1.807, 2.05) is 0 Å². The topological polar surface area (TPSA) is 59.4 Å². The Kier molecular flexibility index (Phi) is 5.18. The summed E-state index contributed by atoms with van der Waals surface area (Å²) in [4.78, 5) is 13.8. The van der Waals surface area contributed by atoms with E-state index < -0.39 is 17.8 Å². The molecule has 0 saturated carbocycles. The second kappa shape index (κ2) is 6.77. The minimum Gasteiger partial charge on any atom is -0.381 e. The Balaban J connectivity index is 2.15. The molecule has 1 unspecified atom stereocenters. The van der Waals surface area contributed by atoms with Gasteiger partial charge in [0, 0.05) is 27.2 Å². The molecule has 1 aliphatic rings. The lowest BCUT2D eigenvalue weighted by Crippen LogP contribution is -2.37. The molecule has 23 heavy (non-hydrogen) atoms. The van der Waals surface area contributed by atoms with Gasteiger partial charge in [0.25, 0.3) is 0 Å². The van der Waals surface area contributed by atoms with Gasteiger partial charge in [-0.3, -0.25) is 10.00 Å². The van der Waals surface area contributed by atoms with Gasteiger partial charge in [-0.1, -0.05) is 0 Å². The quantitative estimate of drug-likeness (QED) is 0.905. The molecule has 1 N–H and O–H groups in total. The fourth-order valence-electron chi connectivity index (χ4n) is 2.83. The van der Waals surface area contributed by atoms with Crippen molar-refractivity contribution in [3.63, 3.8) is 0 Å². The number of carbonyl (C=O) groups is 1. The van der Waals surface area contributed by atoms with Crippen LogP contribution in [0.15, 0.2) is 0 Å². The third kappa shape index (κ3) is 3.95. The lowest BCUT2D eigenvalue weighted by atomic mass is 10.2. The number of halogens is 3. The predicted molar refractivity (Wildman–Crippen MR) is 78.2 cm³/mol. The number of alkyl halides is 3. The van der Waals surface area contributed by atoms with Crippen molar-refractivity contribution in [3.8, 4) is 0 Å². The first-order valence-corrected chi connectivity index (χ1v) is 7.43. The summed E-state index contributed by atoms with van der Waals surface area (Å²) < 4.78 is 45.8. The van der Waals surface area contributed by atoms with Crippen molar-refractivity contribution in [2.45, 2.75) is 38.5 Å². The number of ether oxygens (including phenoxy) is 1. The van der Waals surface area contributed by atoms with Gasteiger partial charge in [-0.2, -0.15) is 18.3 Å². The van der Waals surface area contributed by atoms with Crippen LogP contribution in [0.5, 0.6) is 0 Å². The average Bonchev–Trinajstić information content (AvgIpc) is 2.65. The number of nitrogens with one attached hydrogen (secondary N) is 1. The standard InChI is InChI=1S/C14H21F3N4O2/c1-9-11(14(15,16)17)12(20(2)19-9)18-13(22)21-7-4-5-10(23-3)6-8-21/h10H,4-8H2,1-3H3,(H,18,22). The van der Waals surface area contributed by atoms with Gasteiger partial charge in [-0.05, 0) is 26.2 Å². The Hall–Kier alpha value is -1.77. The molecule has 1 aromatic heterocycles. The zero-order valence-corrected chi connectivity index (χ0v) is 13.4. The summed E-state index contributed by atoms with van der Waals surface area (Å²) in [6, 6.07) is -0.546. The Morgan fingerprint density at radius 1 is 1.35 bits per heavy atom. The lowest BCUT2D eigenvalue weighted by Gasteiger charge is -2.21. The number of hydrogen-bond donors (Lipinski definition) is 1. The fourth-order valence-corrected chi connectivity index (χ4v) is 2.83. The highest BCUT2D eigenvalue weighted by atomic mass is 19.4. The number of urea groups is 1. The molecule has 0 aromatic carbocycles. The Bertz CT molecular complexity index is 571. The van der Waals surface area contributed by atoms with Crippen LogP contribution in [0.1, 0.15) is 30.5 Å². The Morgan fingerprint density at radius 2 is 2.04 bits per heavy atom. The van der Waals surface area contributed by atoms with E-state index in [4.69, 9.17) is 4.74 Å². The third-order valence-corrected chi connectivity index (χ3v) is 4.03. The third-order valence-electron chi connectivity index (χ3n) is 4.03. The van der Waals surface area contributed by atoms with Crippen LogP contribution in [-0.2, 0) is 18.0 Å². The summed E-state index contributed by atoms with van der Waals surface area (Å²) in [6.45, 7) is 2.21. The van der Waals surface area contributed by atoms with E-state index in [-0.39, 0.29) is 17.6 Å². The highest BCUT2D eigenvalue weighted by Crippen LogP contribution is 2.37. The molecule has 0 aliphatic carbocycles. The molecule has 0 bridgehead atoms. The van der Waals surface area contributed by atoms with E-state index in [0.29, 0.717) is 19.5 Å². The van der Waals surface area contributed by atoms with Gasteiger partial charge in [0.2, 0.25) is 0 Å². The molecule has 2 rings (SSSR count). The van der Waals surface area contributed by atoms with Gasteiger partial charge in [0.05, 0.1) is 11.8 Å². The highest BCUT2D eigenvalue weighted by Gasteiger charge is 2.39. The average molecular weight is 334 g/mol. The molecule has 6 nitrogen and oxygen atoms in total. The molecule has 1 saturated heterocycles. The molecule has 0 radical (unpaired) electrons. The van der Waals surface area contributed by atoms with Crippen LogP contribution in [0.2, 0.25) is 0 Å². The van der Waals surface area contributed by atoms with Gasteiger partial charge >= 0.3 is 12.2 Å². The van der Waals surface area contributed by atoms with Gasteiger partial charge in [-0.15, -0.1) is 0 Å². The van der Waals surface area contributed by atoms with Crippen molar-refractivity contribution in [1.82, 2.24) is 14.7 Å². The Labute approximate surface area is 132 Å². The molecule has 1 atom stereocenters. The maximum absolute atomic E-state index is 13.1. The number of anilines is 1. The fraction of sp³-hybridized carbons (Fsp3) is 0.714. The van der Waals surface area contributed by atoms with Crippen LogP contribution >= 0.6 is 0 Å². The molecule has 2 amide bonds. The molecule has 2 heterocycles. The van der Waals surface area contributed by atoms with Crippen molar-refractivity contribution in [2.75, 3.05) is 25.5 Å². The highest BCUT2D eigenvalue weighted by molar-refractivity contribution is 5.89. The first kappa shape index (κ1) is 17.6. The van der Waals surface area contributed by atoms with E-state index in [0.717, 1.165) is 17.5 Å². The summed E-state index contributed by atoms with van der Waals surface area (Å²) in [5, 5.41) is 6.13. The van der Waals surface area contributed by atoms with E-state index in [9.17, 15) is 18.0 Å². The van der Waals surface area contributed by atoms with Crippen molar-refractivity contribution in [3.05, 3.63) is 11.3 Å². The maximum atomic E-state index is 13.1. The number of nitrogens with zero attached hydrogens (tertiary/aromatic N) is 3. The number of methoxy groups -OCH3 is 1. The lowest BCUT2D eigenvalue weighted by molar-refractivity contribution is -0.137.